The highest BCUT2D eigenvalue weighted by Gasteiger charge is 2.05. The monoisotopic (exact) mass is 151 g/mol. The minimum atomic E-state index is -0.525. The van der Waals surface area contributed by atoms with E-state index in [1.165, 1.54) is 0 Å². The molecule has 2 rings (SSSR count). The van der Waals surface area contributed by atoms with Gasteiger partial charge in [-0.25, -0.2) is 0 Å². The van der Waals surface area contributed by atoms with Gasteiger partial charge >= 0.3 is 0 Å². The van der Waals surface area contributed by atoms with E-state index in [0.717, 1.165) is 4.79 Å². The third-order valence-electron chi connectivity index (χ3n) is 1.57. The van der Waals surface area contributed by atoms with Crippen LogP contribution in [0.1, 0.15) is 0 Å². The predicted molar refractivity (Wildman–Crippen MR) is 39.8 cm³/mol. The number of nitrogens with zero attached hydrogens (tertiary/aromatic N) is 2. The highest BCUT2D eigenvalue weighted by molar-refractivity contribution is 5.78. The summed E-state index contributed by atoms with van der Waals surface area (Å²) in [4.78, 5) is 1.03. The van der Waals surface area contributed by atoms with Gasteiger partial charge in [-0.1, -0.05) is 12.1 Å². The molecular formula is C7H6FN3. The molecule has 11 heavy (non-hydrogen) atoms. The molecule has 0 fully saturated rings. The summed E-state index contributed by atoms with van der Waals surface area (Å²) >= 11 is 0. The van der Waals surface area contributed by atoms with E-state index in [4.69, 9.17) is 5.84 Å². The fraction of sp³-hybridized carbons (Fsp3) is 0. The average molecular weight is 151 g/mol. The van der Waals surface area contributed by atoms with Gasteiger partial charge in [0.25, 0.3) is 0 Å². The lowest BCUT2D eigenvalue weighted by Crippen LogP contribution is -2.09. The third kappa shape index (κ3) is 0.756. The second kappa shape index (κ2) is 1.95. The van der Waals surface area contributed by atoms with Gasteiger partial charge in [0, 0.05) is 0 Å². The molecule has 1 aromatic carbocycles. The SMILES string of the molecule is Nn1nc(F)c2ccccc21. The van der Waals surface area contributed by atoms with Crippen molar-refractivity contribution in [3.05, 3.63) is 30.2 Å². The number of hydrogen-bond acceptors (Lipinski definition) is 2. The highest BCUT2D eigenvalue weighted by atomic mass is 19.1. The van der Waals surface area contributed by atoms with E-state index < -0.39 is 5.95 Å². The lowest BCUT2D eigenvalue weighted by molar-refractivity contribution is 0.570. The van der Waals surface area contributed by atoms with Gasteiger partial charge in [-0.15, -0.1) is 5.10 Å². The van der Waals surface area contributed by atoms with Crippen LogP contribution in [0.3, 0.4) is 0 Å². The first-order valence-electron chi connectivity index (χ1n) is 3.17. The Morgan fingerprint density at radius 1 is 1.36 bits per heavy atom. The van der Waals surface area contributed by atoms with Gasteiger partial charge in [-0.2, -0.15) is 9.18 Å². The van der Waals surface area contributed by atoms with Gasteiger partial charge in [0.2, 0.25) is 5.95 Å². The average Bonchev–Trinajstić information content (AvgIpc) is 2.30. The molecule has 0 unspecified atom stereocenters. The van der Waals surface area contributed by atoms with Crippen molar-refractivity contribution >= 4 is 10.9 Å². The van der Waals surface area contributed by atoms with Crippen LogP contribution in [0, 0.1) is 5.95 Å². The molecule has 56 valence electrons. The van der Waals surface area contributed by atoms with Gasteiger partial charge in [0.1, 0.15) is 0 Å². The molecule has 0 aliphatic rings. The van der Waals surface area contributed by atoms with Crippen LogP contribution in [0.4, 0.5) is 4.39 Å². The minimum Gasteiger partial charge on any atom is -0.323 e. The summed E-state index contributed by atoms with van der Waals surface area (Å²) < 4.78 is 12.8. The Hall–Kier alpha value is -1.58. The standard InChI is InChI=1S/C7H6FN3/c8-7-5-3-1-2-4-6(5)11(9)10-7/h1-4H,9H2. The van der Waals surface area contributed by atoms with Crippen LogP contribution in [-0.4, -0.2) is 9.89 Å². The van der Waals surface area contributed by atoms with Crippen molar-refractivity contribution in [1.29, 1.82) is 0 Å². The molecule has 4 heteroatoms. The summed E-state index contributed by atoms with van der Waals surface area (Å²) in [5, 5.41) is 3.87. The molecule has 0 saturated carbocycles. The molecule has 0 amide bonds. The Kier molecular flexibility index (Phi) is 1.09. The zero-order chi connectivity index (χ0) is 7.84. The van der Waals surface area contributed by atoms with Crippen LogP contribution in [0.15, 0.2) is 24.3 Å². The lowest BCUT2D eigenvalue weighted by atomic mass is 10.3. The molecule has 3 nitrogen and oxygen atoms in total. The van der Waals surface area contributed by atoms with Gasteiger partial charge in [0.05, 0.1) is 10.9 Å². The first kappa shape index (κ1) is 6.15. The number of para-hydroxylation sites is 1. The van der Waals surface area contributed by atoms with E-state index >= 15 is 0 Å². The minimum absolute atomic E-state index is 0.454. The van der Waals surface area contributed by atoms with Crippen molar-refractivity contribution in [2.45, 2.75) is 0 Å². The zero-order valence-corrected chi connectivity index (χ0v) is 5.66. The summed E-state index contributed by atoms with van der Waals surface area (Å²) in [7, 11) is 0. The van der Waals surface area contributed by atoms with E-state index in [2.05, 4.69) is 5.10 Å². The lowest BCUT2D eigenvalue weighted by Gasteiger charge is -1.89. The highest BCUT2D eigenvalue weighted by Crippen LogP contribution is 2.13. The molecule has 1 heterocycles. The number of fused-ring (bicyclic) bond motifs is 1. The topological polar surface area (TPSA) is 43.8 Å². The second-order valence-electron chi connectivity index (χ2n) is 2.25. The predicted octanol–water partition coefficient (Wildman–Crippen LogP) is 0.889. The van der Waals surface area contributed by atoms with Crippen molar-refractivity contribution in [3.8, 4) is 0 Å². The Bertz CT molecular complexity index is 357. The van der Waals surface area contributed by atoms with Gasteiger partial charge < -0.3 is 5.84 Å². The first-order valence-corrected chi connectivity index (χ1v) is 3.17. The molecule has 0 radical (unpaired) electrons. The Morgan fingerprint density at radius 2 is 2.09 bits per heavy atom. The summed E-state index contributed by atoms with van der Waals surface area (Å²) in [5.41, 5.74) is 0.602. The van der Waals surface area contributed by atoms with Crippen molar-refractivity contribution in [2.75, 3.05) is 5.84 Å². The van der Waals surface area contributed by atoms with Gasteiger partial charge in [-0.05, 0) is 12.1 Å². The maximum Gasteiger partial charge on any atom is 0.242 e. The molecular weight excluding hydrogens is 145 g/mol. The quantitative estimate of drug-likeness (QED) is 0.568. The third-order valence-corrected chi connectivity index (χ3v) is 1.57. The van der Waals surface area contributed by atoms with Crippen LogP contribution in [0.25, 0.3) is 10.9 Å². The maximum absolute atomic E-state index is 12.8. The van der Waals surface area contributed by atoms with Crippen LogP contribution in [0.2, 0.25) is 0 Å². The smallest absolute Gasteiger partial charge is 0.242 e. The number of nitrogens with two attached hydrogens (primary N) is 1. The molecule has 2 aromatic rings. The molecule has 2 N–H and O–H groups in total. The maximum atomic E-state index is 12.8. The van der Waals surface area contributed by atoms with Crippen molar-refractivity contribution in [1.82, 2.24) is 9.89 Å². The Morgan fingerprint density at radius 3 is 2.82 bits per heavy atom. The number of benzene rings is 1. The van der Waals surface area contributed by atoms with Crippen molar-refractivity contribution in [3.63, 3.8) is 0 Å². The molecule has 1 aromatic heterocycles. The van der Waals surface area contributed by atoms with Crippen LogP contribution < -0.4 is 5.84 Å². The van der Waals surface area contributed by atoms with Crippen LogP contribution in [0.5, 0.6) is 0 Å². The normalized spacial score (nSPS) is 10.6. The number of rotatable bonds is 0. The molecule has 0 aliphatic heterocycles. The number of halogens is 1. The molecule has 0 atom stereocenters. The van der Waals surface area contributed by atoms with Crippen LogP contribution >= 0.6 is 0 Å². The fourth-order valence-electron chi connectivity index (χ4n) is 1.05. The van der Waals surface area contributed by atoms with Gasteiger partial charge in [-0.3, -0.25) is 0 Å². The molecule has 0 saturated heterocycles. The Labute approximate surface area is 62.2 Å². The molecule has 0 bridgehead atoms. The van der Waals surface area contributed by atoms with E-state index in [1.54, 1.807) is 24.3 Å². The summed E-state index contributed by atoms with van der Waals surface area (Å²) in [6.07, 6.45) is 0. The number of hydrogen-bond donors (Lipinski definition) is 1. The van der Waals surface area contributed by atoms with E-state index in [-0.39, 0.29) is 0 Å². The van der Waals surface area contributed by atoms with Crippen LogP contribution in [-0.2, 0) is 0 Å². The van der Waals surface area contributed by atoms with E-state index in [0.29, 0.717) is 10.9 Å². The molecule has 0 aliphatic carbocycles. The summed E-state index contributed by atoms with van der Waals surface area (Å²) in [6.45, 7) is 0. The summed E-state index contributed by atoms with van der Waals surface area (Å²) in [6, 6.07) is 6.88. The van der Waals surface area contributed by atoms with Gasteiger partial charge in [0.15, 0.2) is 0 Å². The summed E-state index contributed by atoms with van der Waals surface area (Å²) in [5.74, 6) is 4.82. The number of nitrogen functional groups attached to an aromatic ring is 1. The number of aromatic nitrogens is 2. The van der Waals surface area contributed by atoms with Crippen molar-refractivity contribution in [2.24, 2.45) is 0 Å². The van der Waals surface area contributed by atoms with E-state index in [9.17, 15) is 4.39 Å². The molecule has 0 spiro atoms. The van der Waals surface area contributed by atoms with E-state index in [1.807, 2.05) is 0 Å². The second-order valence-corrected chi connectivity index (χ2v) is 2.25. The fourth-order valence-corrected chi connectivity index (χ4v) is 1.05. The van der Waals surface area contributed by atoms with Crippen molar-refractivity contribution < 1.29 is 4.39 Å². The first-order chi connectivity index (χ1) is 5.29. The Balaban J connectivity index is 2.95. The zero-order valence-electron chi connectivity index (χ0n) is 5.66. The largest absolute Gasteiger partial charge is 0.323 e.